The molecule has 30 heavy (non-hydrogen) atoms. The molecule has 4 aromatic rings. The molecule has 12 heteroatoms. The highest BCUT2D eigenvalue weighted by Gasteiger charge is 2.21. The molecule has 0 aliphatic heterocycles. The standard InChI is InChI=1S/C18H13F2N7O3/c19-9-1-4-13(11(20)6-9)30-18-24-14-8(5-12-15(28)25-17(29)23-12)7-21-27(14)16(26-18)22-10-2-3-10/h1,4-7,10,28H,2-3H2,(H2,23,25,29)/b8-5-,22-16?. The van der Waals surface area contributed by atoms with E-state index in [2.05, 4.69) is 30.0 Å². The van der Waals surface area contributed by atoms with Crippen molar-refractivity contribution in [1.82, 2.24) is 29.5 Å². The van der Waals surface area contributed by atoms with E-state index in [0.29, 0.717) is 11.3 Å². The van der Waals surface area contributed by atoms with Gasteiger partial charge in [0.05, 0.1) is 12.2 Å². The number of rotatable bonds is 4. The molecule has 3 heterocycles. The lowest BCUT2D eigenvalue weighted by Gasteiger charge is -2.05. The summed E-state index contributed by atoms with van der Waals surface area (Å²) in [7, 11) is 0. The summed E-state index contributed by atoms with van der Waals surface area (Å²) in [6, 6.07) is 2.75. The Morgan fingerprint density at radius 2 is 2.10 bits per heavy atom. The number of nitrogens with zero attached hydrogens (tertiary/aromatic N) is 5. The summed E-state index contributed by atoms with van der Waals surface area (Å²) in [5, 5.41) is 14.4. The smallest absolute Gasteiger partial charge is 0.327 e. The summed E-state index contributed by atoms with van der Waals surface area (Å²) < 4.78 is 33.9. The lowest BCUT2D eigenvalue weighted by Crippen LogP contribution is -2.23. The van der Waals surface area contributed by atoms with Gasteiger partial charge in [-0.2, -0.15) is 19.6 Å². The van der Waals surface area contributed by atoms with E-state index < -0.39 is 17.3 Å². The van der Waals surface area contributed by atoms with Crippen molar-refractivity contribution < 1.29 is 18.6 Å². The predicted molar refractivity (Wildman–Crippen MR) is 97.7 cm³/mol. The number of imidazole rings is 1. The van der Waals surface area contributed by atoms with Crippen LogP contribution in [0.5, 0.6) is 17.6 Å². The van der Waals surface area contributed by atoms with Crippen LogP contribution >= 0.6 is 0 Å². The van der Waals surface area contributed by atoms with Crippen LogP contribution in [-0.2, 0) is 0 Å². The zero-order valence-electron chi connectivity index (χ0n) is 15.1. The van der Waals surface area contributed by atoms with Gasteiger partial charge in [-0.25, -0.2) is 18.6 Å². The van der Waals surface area contributed by atoms with Gasteiger partial charge in [0, 0.05) is 11.3 Å². The fourth-order valence-electron chi connectivity index (χ4n) is 2.76. The molecule has 0 spiro atoms. The van der Waals surface area contributed by atoms with E-state index in [-0.39, 0.29) is 40.6 Å². The summed E-state index contributed by atoms with van der Waals surface area (Å²) in [6.07, 6.45) is 4.72. The van der Waals surface area contributed by atoms with Crippen LogP contribution in [0.15, 0.2) is 34.2 Å². The number of aromatic amines is 2. The highest BCUT2D eigenvalue weighted by atomic mass is 19.1. The first kappa shape index (κ1) is 18.0. The van der Waals surface area contributed by atoms with Gasteiger partial charge in [-0.15, -0.1) is 0 Å². The van der Waals surface area contributed by atoms with Gasteiger partial charge >= 0.3 is 11.7 Å². The molecule has 10 nitrogen and oxygen atoms in total. The summed E-state index contributed by atoms with van der Waals surface area (Å²) in [5.41, 5.74) is 0.00106. The summed E-state index contributed by atoms with van der Waals surface area (Å²) in [5.74, 6) is -2.25. The van der Waals surface area contributed by atoms with Crippen LogP contribution in [0.4, 0.5) is 8.78 Å². The molecule has 1 aromatic carbocycles. The average Bonchev–Trinajstić information content (AvgIpc) is 3.33. The summed E-state index contributed by atoms with van der Waals surface area (Å²) in [6.45, 7) is 0. The van der Waals surface area contributed by atoms with Crippen molar-refractivity contribution in [3.05, 3.63) is 63.0 Å². The van der Waals surface area contributed by atoms with Gasteiger partial charge in [-0.05, 0) is 31.1 Å². The van der Waals surface area contributed by atoms with Crippen LogP contribution in [0.1, 0.15) is 18.5 Å². The largest absolute Gasteiger partial charge is 0.493 e. The zero-order valence-corrected chi connectivity index (χ0v) is 15.1. The molecule has 3 N–H and O–H groups in total. The van der Waals surface area contributed by atoms with Gasteiger partial charge < -0.3 is 14.8 Å². The summed E-state index contributed by atoms with van der Waals surface area (Å²) >= 11 is 0. The van der Waals surface area contributed by atoms with E-state index in [1.807, 2.05) is 0 Å². The number of hydrogen-bond acceptors (Lipinski definition) is 7. The second kappa shape index (κ2) is 6.76. The maximum absolute atomic E-state index is 14.0. The van der Waals surface area contributed by atoms with Crippen molar-refractivity contribution >= 4 is 11.7 Å². The quantitative estimate of drug-likeness (QED) is 0.447. The number of halogens is 2. The van der Waals surface area contributed by atoms with Crippen LogP contribution < -0.4 is 21.3 Å². The number of fused-ring (bicyclic) bond motifs is 1. The van der Waals surface area contributed by atoms with Gasteiger partial charge in [0.2, 0.25) is 5.88 Å². The summed E-state index contributed by atoms with van der Waals surface area (Å²) in [4.78, 5) is 28.9. The molecule has 0 atom stereocenters. The number of nitrogens with one attached hydrogen (secondary N) is 2. The molecule has 152 valence electrons. The molecular weight excluding hydrogens is 400 g/mol. The molecule has 1 aliphatic rings. The maximum atomic E-state index is 14.0. The van der Waals surface area contributed by atoms with Crippen LogP contribution in [0.3, 0.4) is 0 Å². The Kier molecular flexibility index (Phi) is 4.05. The van der Waals surface area contributed by atoms with Gasteiger partial charge in [0.15, 0.2) is 17.2 Å². The fourth-order valence-corrected chi connectivity index (χ4v) is 2.76. The average molecular weight is 413 g/mol. The Hall–Kier alpha value is -4.09. The van der Waals surface area contributed by atoms with Gasteiger partial charge in [-0.3, -0.25) is 4.98 Å². The third-order valence-corrected chi connectivity index (χ3v) is 4.33. The predicted octanol–water partition coefficient (Wildman–Crippen LogP) is 0.528. The third-order valence-electron chi connectivity index (χ3n) is 4.33. The Bertz CT molecular complexity index is 1450. The molecular formula is C18H13F2N7O3. The van der Waals surface area contributed by atoms with Crippen molar-refractivity contribution in [2.45, 2.75) is 18.9 Å². The minimum atomic E-state index is -0.908. The Morgan fingerprint density at radius 3 is 2.80 bits per heavy atom. The van der Waals surface area contributed by atoms with Gasteiger partial charge in [0.25, 0.3) is 5.62 Å². The Balaban J connectivity index is 1.68. The first-order valence-electron chi connectivity index (χ1n) is 8.92. The Labute approximate surface area is 165 Å². The van der Waals surface area contributed by atoms with Crippen LogP contribution in [-0.4, -0.2) is 40.7 Å². The normalized spacial score (nSPS) is 15.3. The van der Waals surface area contributed by atoms with Crippen LogP contribution in [0.25, 0.3) is 11.7 Å². The monoisotopic (exact) mass is 413 g/mol. The van der Waals surface area contributed by atoms with E-state index in [0.717, 1.165) is 25.0 Å². The second-order valence-corrected chi connectivity index (χ2v) is 6.66. The highest BCUT2D eigenvalue weighted by molar-refractivity contribution is 5.56. The number of ether oxygens (including phenoxy) is 1. The molecule has 0 saturated heterocycles. The first-order chi connectivity index (χ1) is 14.5. The van der Waals surface area contributed by atoms with E-state index in [1.54, 1.807) is 0 Å². The number of H-pyrrole nitrogens is 2. The minimum absolute atomic E-state index is 0.0974. The number of benzene rings is 1. The minimum Gasteiger partial charge on any atom is -0.493 e. The van der Waals surface area contributed by atoms with Crippen molar-refractivity contribution in [2.24, 2.45) is 4.99 Å². The number of aromatic nitrogens is 6. The van der Waals surface area contributed by atoms with Crippen LogP contribution in [0, 0.1) is 11.6 Å². The molecule has 1 saturated carbocycles. The molecule has 5 rings (SSSR count). The Morgan fingerprint density at radius 1 is 1.27 bits per heavy atom. The maximum Gasteiger partial charge on any atom is 0.327 e. The van der Waals surface area contributed by atoms with Crippen molar-refractivity contribution in [3.63, 3.8) is 0 Å². The molecule has 3 aromatic heterocycles. The lowest BCUT2D eigenvalue weighted by molar-refractivity contribution is 0.403. The SMILES string of the molecule is O=c1[nH]c(O)c(/C=c2/cnn3c(=NC4CC4)nc(Oc4ccc(F)cc4F)nc23)[nH]1. The van der Waals surface area contributed by atoms with Gasteiger partial charge in [0.1, 0.15) is 11.5 Å². The number of hydrogen-bond donors (Lipinski definition) is 3. The van der Waals surface area contributed by atoms with Crippen LogP contribution in [0.2, 0.25) is 0 Å². The molecule has 0 radical (unpaired) electrons. The zero-order chi connectivity index (χ0) is 20.8. The van der Waals surface area contributed by atoms with Crippen molar-refractivity contribution in [2.75, 3.05) is 0 Å². The van der Waals surface area contributed by atoms with E-state index in [1.165, 1.54) is 16.8 Å². The second-order valence-electron chi connectivity index (χ2n) is 6.66. The van der Waals surface area contributed by atoms with Crippen molar-refractivity contribution in [3.8, 4) is 17.6 Å². The topological polar surface area (TPSA) is 134 Å². The van der Waals surface area contributed by atoms with Crippen molar-refractivity contribution in [1.29, 1.82) is 0 Å². The fraction of sp³-hybridized carbons (Fsp3) is 0.167. The first-order valence-corrected chi connectivity index (χ1v) is 8.92. The molecule has 0 bridgehead atoms. The van der Waals surface area contributed by atoms with E-state index >= 15 is 0 Å². The molecule has 1 aliphatic carbocycles. The number of aromatic hydroxyl groups is 1. The third kappa shape index (κ3) is 3.38. The van der Waals surface area contributed by atoms with E-state index in [4.69, 9.17) is 4.74 Å². The molecule has 0 amide bonds. The highest BCUT2D eigenvalue weighted by Crippen LogP contribution is 2.23. The van der Waals surface area contributed by atoms with Gasteiger partial charge in [-0.1, -0.05) is 0 Å². The lowest BCUT2D eigenvalue weighted by atomic mass is 10.3. The molecule has 0 unspecified atom stereocenters. The molecule has 1 fully saturated rings. The van der Waals surface area contributed by atoms with E-state index in [9.17, 15) is 18.7 Å².